The summed E-state index contributed by atoms with van der Waals surface area (Å²) in [6, 6.07) is 0. The van der Waals surface area contributed by atoms with Crippen LogP contribution in [0.3, 0.4) is 0 Å². The zero-order valence-corrected chi connectivity index (χ0v) is 5.81. The molecule has 0 aliphatic carbocycles. The molecule has 0 fully saturated rings. The molecule has 1 heterocycles. The normalized spacial score (nSPS) is 11.4. The van der Waals surface area contributed by atoms with Crippen molar-refractivity contribution in [2.24, 2.45) is 0 Å². The molecule has 0 saturated carbocycles. The number of hydrogen-bond donors (Lipinski definition) is 1. The Morgan fingerprint density at radius 2 is 2.00 bits per heavy atom. The van der Waals surface area contributed by atoms with E-state index in [1.165, 1.54) is 0 Å². The minimum absolute atomic E-state index is 0.436. The molecule has 1 aromatic heterocycles. The van der Waals surface area contributed by atoms with Crippen LogP contribution in [0.1, 0.15) is 0 Å². The Hall–Kier alpha value is -0.460. The second-order valence-corrected chi connectivity index (χ2v) is 2.07. The molecule has 1 aromatic rings. The van der Waals surface area contributed by atoms with Crippen LogP contribution >= 0.6 is 0 Å². The Balaban J connectivity index is 3.63. The van der Waals surface area contributed by atoms with Crippen LogP contribution in [0.15, 0.2) is 0 Å². The molecule has 0 spiro atoms. The Bertz CT molecular complexity index is 339. The molecule has 0 aliphatic rings. The Labute approximate surface area is 64.0 Å². The molecule has 0 bridgehead atoms. The molecular weight excluding hydrogens is 117 g/mol. The summed E-state index contributed by atoms with van der Waals surface area (Å²) in [5, 5.41) is 1.31. The van der Waals surface area contributed by atoms with E-state index in [0.717, 1.165) is 5.24 Å². The number of nitrogens with one attached hydrogen (secondary N) is 1. The number of H-pyrrole nitrogens is 1. The molecule has 10 heavy (non-hydrogen) atoms. The molecule has 41 valence electrons. The van der Waals surface area contributed by atoms with Gasteiger partial charge in [-0.1, -0.05) is 0 Å². The first-order chi connectivity index (χ1) is 4.66. The van der Waals surface area contributed by atoms with E-state index in [4.69, 9.17) is 23.2 Å². The third-order valence-electron chi connectivity index (χ3n) is 1.43. The van der Waals surface area contributed by atoms with Crippen LogP contribution in [0.25, 0.3) is 0 Å². The molecule has 0 aromatic carbocycles. The van der Waals surface area contributed by atoms with E-state index in [9.17, 15) is 0 Å². The zero-order valence-electron chi connectivity index (χ0n) is 5.81. The van der Waals surface area contributed by atoms with Gasteiger partial charge in [0.05, 0.1) is 0 Å². The van der Waals surface area contributed by atoms with E-state index in [1.54, 1.807) is 0 Å². The summed E-state index contributed by atoms with van der Waals surface area (Å²) in [5.74, 6) is 0. The van der Waals surface area contributed by atoms with Crippen LogP contribution in [0, 0.1) is 10.3 Å². The van der Waals surface area contributed by atoms with E-state index in [2.05, 4.69) is 4.98 Å². The predicted octanol–water partition coefficient (Wildman–Crippen LogP) is -1.98. The van der Waals surface area contributed by atoms with Gasteiger partial charge in [0.2, 0.25) is 0 Å². The van der Waals surface area contributed by atoms with Crippen molar-refractivity contribution < 1.29 is 0 Å². The van der Waals surface area contributed by atoms with Gasteiger partial charge in [0.15, 0.2) is 0 Å². The van der Waals surface area contributed by atoms with Crippen molar-refractivity contribution in [3.8, 4) is 0 Å². The molecule has 0 unspecified atom stereocenters. The number of rotatable bonds is 0. The molecule has 5 radical (unpaired) electrons. The van der Waals surface area contributed by atoms with Gasteiger partial charge in [0.25, 0.3) is 0 Å². The maximum absolute atomic E-state index is 5.55. The summed E-state index contributed by atoms with van der Waals surface area (Å²) >= 11 is 0. The summed E-state index contributed by atoms with van der Waals surface area (Å²) in [5.41, 5.74) is 0.874. The molecule has 0 aliphatic heterocycles. The molecular formula is C5H4B4N. The van der Waals surface area contributed by atoms with Gasteiger partial charge in [0, 0.05) is 0 Å². The molecule has 0 atom stereocenters. The summed E-state index contributed by atoms with van der Waals surface area (Å²) in [6.07, 6.45) is 0. The van der Waals surface area contributed by atoms with E-state index in [0.29, 0.717) is 16.2 Å². The Morgan fingerprint density at radius 3 is 2.20 bits per heavy atom. The second kappa shape index (κ2) is 2.65. The first kappa shape index (κ1) is 7.64. The van der Waals surface area contributed by atoms with Crippen LogP contribution in [-0.2, 0) is 0 Å². The van der Waals surface area contributed by atoms with Crippen molar-refractivity contribution in [1.29, 1.82) is 0 Å². The average Bonchev–Trinajstić information content (AvgIpc) is 2.17. The number of aromatic nitrogens is 1. The summed E-state index contributed by atoms with van der Waals surface area (Å²) < 4.78 is 0. The van der Waals surface area contributed by atoms with Crippen LogP contribution in [0.2, 0.25) is 6.82 Å². The Kier molecular flexibility index (Phi) is 2.02. The van der Waals surface area contributed by atoms with Gasteiger partial charge < -0.3 is 0 Å². The van der Waals surface area contributed by atoms with Crippen molar-refractivity contribution >= 4 is 41.2 Å². The SMILES string of the molecule is [B]c1[nH]c(=BC)c(=[B])c1[B]. The van der Waals surface area contributed by atoms with Gasteiger partial charge in [-0.05, 0) is 0 Å². The summed E-state index contributed by atoms with van der Waals surface area (Å²) in [6.45, 7) is 3.68. The van der Waals surface area contributed by atoms with Crippen molar-refractivity contribution in [2.45, 2.75) is 6.82 Å². The van der Waals surface area contributed by atoms with Gasteiger partial charge in [-0.2, -0.15) is 0 Å². The average molecular weight is 121 g/mol. The fourth-order valence-electron chi connectivity index (χ4n) is 0.798. The van der Waals surface area contributed by atoms with Crippen LogP contribution < -0.4 is 11.1 Å². The molecule has 0 amide bonds. The minimum atomic E-state index is 0.436. The third-order valence-corrected chi connectivity index (χ3v) is 1.43. The summed E-state index contributed by atoms with van der Waals surface area (Å²) in [7, 11) is 16.5. The van der Waals surface area contributed by atoms with Crippen LogP contribution in [0.4, 0.5) is 0 Å². The molecule has 0 saturated heterocycles. The maximum atomic E-state index is 5.55. The van der Waals surface area contributed by atoms with Gasteiger partial charge >= 0.3 is 63.3 Å². The predicted molar refractivity (Wildman–Crippen MR) is 46.6 cm³/mol. The van der Waals surface area contributed by atoms with Gasteiger partial charge in [-0.15, -0.1) is 0 Å². The topological polar surface area (TPSA) is 15.8 Å². The van der Waals surface area contributed by atoms with E-state index < -0.39 is 0 Å². The number of aromatic amines is 1. The number of hydrogen-bond acceptors (Lipinski definition) is 0. The fraction of sp³-hybridized carbons (Fsp3) is 0.200. The standard InChI is InChI=1S/C5H4B4N/c1-9-5-3(7)2(6)4(8)10-5/h10H,1H3. The Morgan fingerprint density at radius 1 is 1.40 bits per heavy atom. The van der Waals surface area contributed by atoms with Crippen molar-refractivity contribution in [2.75, 3.05) is 0 Å². The van der Waals surface area contributed by atoms with Gasteiger partial charge in [-0.25, -0.2) is 0 Å². The molecule has 1 rings (SSSR count). The van der Waals surface area contributed by atoms with Crippen molar-refractivity contribution in [1.82, 2.24) is 4.98 Å². The van der Waals surface area contributed by atoms with Crippen LogP contribution in [0.5, 0.6) is 0 Å². The zero-order chi connectivity index (χ0) is 7.72. The van der Waals surface area contributed by atoms with Crippen LogP contribution in [-0.4, -0.2) is 35.1 Å². The quantitative estimate of drug-likeness (QED) is 0.383. The second-order valence-electron chi connectivity index (χ2n) is 2.07. The van der Waals surface area contributed by atoms with E-state index in [-0.39, 0.29) is 0 Å². The monoisotopic (exact) mass is 122 g/mol. The first-order valence-corrected chi connectivity index (χ1v) is 2.98. The first-order valence-electron chi connectivity index (χ1n) is 2.98. The molecule has 1 N–H and O–H groups in total. The van der Waals surface area contributed by atoms with Gasteiger partial charge in [-0.3, -0.25) is 0 Å². The van der Waals surface area contributed by atoms with Crippen molar-refractivity contribution in [3.05, 3.63) is 10.3 Å². The summed E-state index contributed by atoms with van der Waals surface area (Å²) in [4.78, 5) is 2.83. The molecule has 1 nitrogen and oxygen atoms in total. The molecule has 5 heteroatoms. The van der Waals surface area contributed by atoms with E-state index >= 15 is 0 Å². The fourth-order valence-corrected chi connectivity index (χ4v) is 0.798. The van der Waals surface area contributed by atoms with Crippen molar-refractivity contribution in [3.63, 3.8) is 0 Å². The van der Waals surface area contributed by atoms with Gasteiger partial charge in [0.1, 0.15) is 0 Å². The van der Waals surface area contributed by atoms with E-state index in [1.807, 2.05) is 13.7 Å². The third kappa shape index (κ3) is 1.05.